The highest BCUT2D eigenvalue weighted by Crippen LogP contribution is 2.49. The van der Waals surface area contributed by atoms with Crippen LogP contribution in [-0.2, 0) is 26.9 Å². The minimum atomic E-state index is -3.81. The molecule has 0 radical (unpaired) electrons. The molecule has 1 heterocycles. The van der Waals surface area contributed by atoms with Crippen LogP contribution in [-0.4, -0.2) is 46.7 Å². The second-order valence-electron chi connectivity index (χ2n) is 8.74. The lowest BCUT2D eigenvalue weighted by Crippen LogP contribution is -2.23. The van der Waals surface area contributed by atoms with Gasteiger partial charge in [-0.05, 0) is 34.4 Å². The molecule has 11 heteroatoms. The Morgan fingerprint density at radius 3 is 2.54 bits per heavy atom. The maximum Gasteiger partial charge on any atom is 0.409 e. The molecular weight excluding hydrogens is 506 g/mol. The first kappa shape index (κ1) is 26.4. The SMILES string of the molecule is CN(C)C(=O)OCCc1cccc(C2Oc3cccc(OC(F)F)c3-c3ccc(CS(N)(=O)=O)cc32)c1. The fourth-order valence-corrected chi connectivity index (χ4v) is 4.83. The van der Waals surface area contributed by atoms with Gasteiger partial charge in [-0.3, -0.25) is 0 Å². The highest BCUT2D eigenvalue weighted by molar-refractivity contribution is 7.88. The topological polar surface area (TPSA) is 108 Å². The van der Waals surface area contributed by atoms with Gasteiger partial charge in [0.05, 0.1) is 17.9 Å². The Morgan fingerprint density at radius 2 is 1.84 bits per heavy atom. The van der Waals surface area contributed by atoms with Gasteiger partial charge in [0.2, 0.25) is 10.0 Å². The van der Waals surface area contributed by atoms with E-state index >= 15 is 0 Å². The molecule has 0 fully saturated rings. The molecule has 37 heavy (non-hydrogen) atoms. The second kappa shape index (κ2) is 10.7. The van der Waals surface area contributed by atoms with Crippen molar-refractivity contribution in [3.05, 3.63) is 82.9 Å². The number of primary sulfonamides is 1. The molecule has 0 aromatic heterocycles. The Hall–Kier alpha value is -3.70. The molecule has 0 saturated carbocycles. The number of carbonyl (C=O) groups excluding carboxylic acids is 1. The van der Waals surface area contributed by atoms with E-state index in [0.29, 0.717) is 34.4 Å². The number of alkyl halides is 2. The van der Waals surface area contributed by atoms with E-state index in [0.717, 1.165) is 11.1 Å². The lowest BCUT2D eigenvalue weighted by molar-refractivity contribution is -0.0496. The van der Waals surface area contributed by atoms with Gasteiger partial charge < -0.3 is 19.1 Å². The van der Waals surface area contributed by atoms with Gasteiger partial charge in [0.15, 0.2) is 0 Å². The standard InChI is InChI=1S/C26H26F2N2O6S/c1-30(2)26(31)34-12-11-16-5-3-6-18(13-16)24-20-14-17(15-37(29,32)33)9-10-19(20)23-21(35-24)7-4-8-22(23)36-25(27)28/h3-10,13-14,24-25H,11-12,15H2,1-2H3,(H2,29,32,33). The number of sulfonamides is 1. The second-order valence-corrected chi connectivity index (χ2v) is 10.4. The maximum absolute atomic E-state index is 13.1. The number of ether oxygens (including phenoxy) is 3. The number of nitrogens with zero attached hydrogens (tertiary/aromatic N) is 1. The van der Waals surface area contributed by atoms with Crippen LogP contribution in [0.15, 0.2) is 60.7 Å². The third kappa shape index (κ3) is 6.36. The summed E-state index contributed by atoms with van der Waals surface area (Å²) in [5, 5.41) is 5.25. The maximum atomic E-state index is 13.1. The van der Waals surface area contributed by atoms with Crippen molar-refractivity contribution in [3.63, 3.8) is 0 Å². The van der Waals surface area contributed by atoms with Gasteiger partial charge >= 0.3 is 12.7 Å². The first-order valence-corrected chi connectivity index (χ1v) is 13.0. The van der Waals surface area contributed by atoms with Crippen LogP contribution < -0.4 is 14.6 Å². The highest BCUT2D eigenvalue weighted by atomic mass is 32.2. The summed E-state index contributed by atoms with van der Waals surface area (Å²) in [6.07, 6.45) is -0.656. The Morgan fingerprint density at radius 1 is 1.08 bits per heavy atom. The van der Waals surface area contributed by atoms with Crippen molar-refractivity contribution in [3.8, 4) is 22.6 Å². The van der Waals surface area contributed by atoms with Gasteiger partial charge in [-0.2, -0.15) is 8.78 Å². The first-order chi connectivity index (χ1) is 17.5. The van der Waals surface area contributed by atoms with Gasteiger partial charge in [-0.1, -0.05) is 48.5 Å². The molecule has 1 aliphatic heterocycles. The van der Waals surface area contributed by atoms with Crippen LogP contribution in [0.2, 0.25) is 0 Å². The number of carbonyl (C=O) groups is 1. The van der Waals surface area contributed by atoms with Crippen LogP contribution >= 0.6 is 0 Å². The molecular formula is C26H26F2N2O6S. The summed E-state index contributed by atoms with van der Waals surface area (Å²) in [7, 11) is -0.615. The van der Waals surface area contributed by atoms with E-state index in [-0.39, 0.29) is 12.4 Å². The van der Waals surface area contributed by atoms with Crippen molar-refractivity contribution >= 4 is 16.1 Å². The number of halogens is 2. The Kier molecular flexibility index (Phi) is 7.65. The third-order valence-corrected chi connectivity index (χ3v) is 6.46. The molecule has 0 bridgehead atoms. The number of hydrogen-bond donors (Lipinski definition) is 1. The number of amides is 1. The van der Waals surface area contributed by atoms with Crippen LogP contribution in [0.5, 0.6) is 11.5 Å². The number of benzene rings is 3. The van der Waals surface area contributed by atoms with Crippen molar-refractivity contribution < 1.29 is 36.2 Å². The summed E-state index contributed by atoms with van der Waals surface area (Å²) in [5.41, 5.74) is 3.56. The van der Waals surface area contributed by atoms with Gasteiger partial charge in [-0.25, -0.2) is 18.4 Å². The molecule has 1 atom stereocenters. The lowest BCUT2D eigenvalue weighted by atomic mass is 9.87. The van der Waals surface area contributed by atoms with Crippen molar-refractivity contribution in [2.24, 2.45) is 5.14 Å². The molecule has 2 N–H and O–H groups in total. The summed E-state index contributed by atoms with van der Waals surface area (Å²) < 4.78 is 66.0. The van der Waals surface area contributed by atoms with Crippen molar-refractivity contribution in [2.75, 3.05) is 20.7 Å². The molecule has 0 spiro atoms. The predicted molar refractivity (Wildman–Crippen MR) is 133 cm³/mol. The summed E-state index contributed by atoms with van der Waals surface area (Å²) in [4.78, 5) is 13.0. The van der Waals surface area contributed by atoms with Crippen molar-refractivity contribution in [1.82, 2.24) is 4.90 Å². The van der Waals surface area contributed by atoms with Crippen LogP contribution in [0.1, 0.15) is 28.4 Å². The molecule has 1 aliphatic rings. The molecule has 3 aromatic carbocycles. The van der Waals surface area contributed by atoms with E-state index in [1.807, 2.05) is 24.3 Å². The van der Waals surface area contributed by atoms with E-state index < -0.39 is 34.6 Å². The quantitative estimate of drug-likeness (QED) is 0.459. The zero-order chi connectivity index (χ0) is 26.7. The molecule has 8 nitrogen and oxygen atoms in total. The third-order valence-electron chi connectivity index (χ3n) is 5.72. The van der Waals surface area contributed by atoms with E-state index in [1.54, 1.807) is 44.4 Å². The Bertz CT molecular complexity index is 1410. The summed E-state index contributed by atoms with van der Waals surface area (Å²) >= 11 is 0. The van der Waals surface area contributed by atoms with Crippen LogP contribution in [0, 0.1) is 0 Å². The predicted octanol–water partition coefficient (Wildman–Crippen LogP) is 4.47. The average Bonchev–Trinajstić information content (AvgIpc) is 2.82. The molecule has 1 amide bonds. The minimum absolute atomic E-state index is 0.0529. The van der Waals surface area contributed by atoms with Gasteiger partial charge in [0.25, 0.3) is 0 Å². The zero-order valence-corrected chi connectivity index (χ0v) is 21.0. The average molecular weight is 533 g/mol. The Balaban J connectivity index is 1.74. The summed E-state index contributed by atoms with van der Waals surface area (Å²) in [5.74, 6) is -0.102. The molecule has 0 aliphatic carbocycles. The smallest absolute Gasteiger partial charge is 0.409 e. The van der Waals surface area contributed by atoms with Crippen LogP contribution in [0.25, 0.3) is 11.1 Å². The monoisotopic (exact) mass is 532 g/mol. The first-order valence-electron chi connectivity index (χ1n) is 11.3. The van der Waals surface area contributed by atoms with Gasteiger partial charge in [0.1, 0.15) is 17.6 Å². The largest absolute Gasteiger partial charge is 0.480 e. The molecule has 1 unspecified atom stereocenters. The fraction of sp³-hybridized carbons (Fsp3) is 0.269. The molecule has 0 saturated heterocycles. The van der Waals surface area contributed by atoms with E-state index in [1.165, 1.54) is 11.0 Å². The van der Waals surface area contributed by atoms with Crippen LogP contribution in [0.4, 0.5) is 13.6 Å². The molecule has 196 valence electrons. The van der Waals surface area contributed by atoms with Gasteiger partial charge in [0, 0.05) is 26.1 Å². The number of hydrogen-bond acceptors (Lipinski definition) is 6. The van der Waals surface area contributed by atoms with Crippen molar-refractivity contribution in [2.45, 2.75) is 24.9 Å². The van der Waals surface area contributed by atoms with Crippen molar-refractivity contribution in [1.29, 1.82) is 0 Å². The molecule has 3 aromatic rings. The van der Waals surface area contributed by atoms with Crippen LogP contribution in [0.3, 0.4) is 0 Å². The Labute approximate surface area is 213 Å². The van der Waals surface area contributed by atoms with Gasteiger partial charge in [-0.15, -0.1) is 0 Å². The lowest BCUT2D eigenvalue weighted by Gasteiger charge is -2.31. The highest BCUT2D eigenvalue weighted by Gasteiger charge is 2.31. The van der Waals surface area contributed by atoms with E-state index in [9.17, 15) is 22.0 Å². The normalized spacial score (nSPS) is 14.4. The fourth-order valence-electron chi connectivity index (χ4n) is 4.18. The molecule has 4 rings (SSSR count). The van der Waals surface area contributed by atoms with E-state index in [2.05, 4.69) is 0 Å². The minimum Gasteiger partial charge on any atom is -0.480 e. The number of rotatable bonds is 8. The number of fused-ring (bicyclic) bond motifs is 3. The number of nitrogens with two attached hydrogens (primary N) is 1. The van der Waals surface area contributed by atoms with E-state index in [4.69, 9.17) is 19.3 Å². The summed E-state index contributed by atoms with van der Waals surface area (Å²) in [6.45, 7) is -2.86. The summed E-state index contributed by atoms with van der Waals surface area (Å²) in [6, 6.07) is 17.0. The zero-order valence-electron chi connectivity index (χ0n) is 20.2.